The van der Waals surface area contributed by atoms with Crippen molar-refractivity contribution in [2.24, 2.45) is 0 Å². The summed E-state index contributed by atoms with van der Waals surface area (Å²) < 4.78 is 34.2. The van der Waals surface area contributed by atoms with Gasteiger partial charge in [-0.3, -0.25) is 9.36 Å². The van der Waals surface area contributed by atoms with Crippen molar-refractivity contribution in [1.29, 1.82) is 0 Å². The molecule has 8 nitrogen and oxygen atoms in total. The van der Waals surface area contributed by atoms with Gasteiger partial charge in [0.15, 0.2) is 0 Å². The number of phosphoric ester groups is 1. The summed E-state index contributed by atoms with van der Waals surface area (Å²) in [6.45, 7) is 4.97. The minimum atomic E-state index is -4.54. The summed E-state index contributed by atoms with van der Waals surface area (Å²) in [5.74, 6) is -0.374. The molecule has 0 N–H and O–H groups in total. The zero-order chi connectivity index (χ0) is 36.3. The van der Waals surface area contributed by atoms with Crippen LogP contribution in [-0.4, -0.2) is 70.7 Å². The Balaban J connectivity index is 4.47. The van der Waals surface area contributed by atoms with Crippen LogP contribution in [0.15, 0.2) is 72.9 Å². The van der Waals surface area contributed by atoms with E-state index in [9.17, 15) is 14.3 Å². The molecule has 0 amide bonds. The fourth-order valence-electron chi connectivity index (χ4n) is 4.35. The molecule has 0 aromatic carbocycles. The number of carbonyl (C=O) groups excluding carboxylic acids is 1. The van der Waals surface area contributed by atoms with Crippen LogP contribution in [0.4, 0.5) is 0 Å². The van der Waals surface area contributed by atoms with E-state index in [4.69, 9.17) is 18.5 Å². The molecule has 0 aromatic heterocycles. The number of esters is 1. The molecule has 0 aliphatic carbocycles. The summed E-state index contributed by atoms with van der Waals surface area (Å²) in [4.78, 5) is 24.9. The van der Waals surface area contributed by atoms with E-state index in [0.29, 0.717) is 24.1 Å². The van der Waals surface area contributed by atoms with Gasteiger partial charge in [-0.05, 0) is 64.2 Å². The van der Waals surface area contributed by atoms with E-state index in [2.05, 4.69) is 80.7 Å². The number of phosphoric acid groups is 1. The van der Waals surface area contributed by atoms with Gasteiger partial charge in [-0.25, -0.2) is 0 Å². The number of likely N-dealkylation sites (N-methyl/N-ethyl adjacent to an activating group) is 1. The molecule has 0 aromatic rings. The molecular weight excluding hydrogens is 637 g/mol. The van der Waals surface area contributed by atoms with E-state index in [1.807, 2.05) is 27.2 Å². The molecule has 0 saturated carbocycles. The number of allylic oxidation sites excluding steroid dienone is 11. The van der Waals surface area contributed by atoms with Crippen LogP contribution in [0.3, 0.4) is 0 Å². The summed E-state index contributed by atoms with van der Waals surface area (Å²) in [7, 11) is 1.29. The maximum atomic E-state index is 12.6. The molecule has 2 unspecified atom stereocenters. The summed E-state index contributed by atoms with van der Waals surface area (Å²) in [5, 5.41) is 0. The number of hydrogen-bond donors (Lipinski definition) is 0. The van der Waals surface area contributed by atoms with Gasteiger partial charge in [-0.1, -0.05) is 119 Å². The van der Waals surface area contributed by atoms with Crippen LogP contribution in [0.5, 0.6) is 0 Å². The first kappa shape index (κ1) is 46.9. The quantitative estimate of drug-likeness (QED) is 0.0220. The predicted octanol–water partition coefficient (Wildman–Crippen LogP) is 9.74. The van der Waals surface area contributed by atoms with Crippen molar-refractivity contribution in [1.82, 2.24) is 0 Å². The Hall–Kier alpha value is -2.06. The second-order valence-corrected chi connectivity index (χ2v) is 14.6. The first-order valence-electron chi connectivity index (χ1n) is 18.7. The molecule has 0 spiro atoms. The van der Waals surface area contributed by atoms with E-state index < -0.39 is 13.9 Å². The molecule has 282 valence electrons. The van der Waals surface area contributed by atoms with Crippen molar-refractivity contribution in [3.05, 3.63) is 72.9 Å². The van der Waals surface area contributed by atoms with Crippen molar-refractivity contribution in [3.8, 4) is 0 Å². The highest BCUT2D eigenvalue weighted by Crippen LogP contribution is 2.38. The van der Waals surface area contributed by atoms with Crippen LogP contribution >= 0.6 is 7.82 Å². The molecule has 0 aliphatic heterocycles. The molecule has 0 heterocycles. The summed E-state index contributed by atoms with van der Waals surface area (Å²) >= 11 is 0. The van der Waals surface area contributed by atoms with Crippen molar-refractivity contribution in [2.45, 2.75) is 123 Å². The molecule has 0 fully saturated rings. The van der Waals surface area contributed by atoms with E-state index in [-0.39, 0.29) is 32.2 Å². The minimum Gasteiger partial charge on any atom is -0.756 e. The van der Waals surface area contributed by atoms with Gasteiger partial charge in [-0.15, -0.1) is 0 Å². The lowest BCUT2D eigenvalue weighted by molar-refractivity contribution is -0.870. The third kappa shape index (κ3) is 37.0. The average Bonchev–Trinajstić information content (AvgIpc) is 3.04. The van der Waals surface area contributed by atoms with E-state index >= 15 is 0 Å². The van der Waals surface area contributed by atoms with Crippen molar-refractivity contribution < 1.29 is 37.3 Å². The molecule has 9 heteroatoms. The standard InChI is InChI=1S/C40H70NO7P/c1-6-8-10-12-14-16-18-19-20-21-22-24-26-28-30-32-35-45-37-39(38-47-49(43,44)46-36-34-41(3,4)5)48-40(42)33-31-29-27-25-23-17-15-13-11-9-7-2/h8,10,13-16,19-20,22,24,28,30,39H,6-7,9,11-12,17-18,21,23,25-27,29,31-38H2,1-5H3/b10-8-,15-13-,16-14-,20-19-,24-22-,30-28-. The van der Waals surface area contributed by atoms with Crippen LogP contribution in [0.2, 0.25) is 0 Å². The summed E-state index contributed by atoms with van der Waals surface area (Å²) in [6, 6.07) is 0. The predicted molar refractivity (Wildman–Crippen MR) is 203 cm³/mol. The maximum absolute atomic E-state index is 12.6. The third-order valence-corrected chi connectivity index (χ3v) is 8.23. The molecule has 0 saturated heterocycles. The van der Waals surface area contributed by atoms with Crippen molar-refractivity contribution >= 4 is 13.8 Å². The molecule has 0 aliphatic rings. The Bertz CT molecular complexity index is 1010. The molecule has 49 heavy (non-hydrogen) atoms. The zero-order valence-electron chi connectivity index (χ0n) is 31.6. The van der Waals surface area contributed by atoms with E-state index in [1.165, 1.54) is 12.8 Å². The van der Waals surface area contributed by atoms with Crippen molar-refractivity contribution in [3.63, 3.8) is 0 Å². The SMILES string of the molecule is CC/C=C\C/C=C\C/C=C\C/C=C\C/C=C\CCOCC(COP(=O)([O-])OCC[N+](C)(C)C)OC(=O)CCCCCCC/C=C\CCCC. The van der Waals surface area contributed by atoms with E-state index in [1.54, 1.807) is 0 Å². The Labute approximate surface area is 300 Å². The first-order valence-corrected chi connectivity index (χ1v) is 20.1. The minimum absolute atomic E-state index is 0.00756. The van der Waals surface area contributed by atoms with Crippen LogP contribution in [0.1, 0.15) is 117 Å². The number of carbonyl (C=O) groups is 1. The number of unbranched alkanes of at least 4 members (excludes halogenated alkanes) is 7. The number of quaternary nitrogens is 1. The fraction of sp³-hybridized carbons (Fsp3) is 0.675. The van der Waals surface area contributed by atoms with Gasteiger partial charge in [0.1, 0.15) is 19.3 Å². The van der Waals surface area contributed by atoms with Gasteiger partial charge < -0.3 is 27.9 Å². The van der Waals surface area contributed by atoms with E-state index in [0.717, 1.165) is 77.0 Å². The monoisotopic (exact) mass is 707 g/mol. The Morgan fingerprint density at radius 1 is 0.653 bits per heavy atom. The van der Waals surface area contributed by atoms with Gasteiger partial charge in [0.2, 0.25) is 0 Å². The largest absolute Gasteiger partial charge is 0.756 e. The van der Waals surface area contributed by atoms with Crippen LogP contribution in [-0.2, 0) is 27.9 Å². The number of hydrogen-bond acceptors (Lipinski definition) is 7. The molecule has 0 rings (SSSR count). The maximum Gasteiger partial charge on any atom is 0.306 e. The number of ether oxygens (including phenoxy) is 2. The lowest BCUT2D eigenvalue weighted by atomic mass is 10.1. The van der Waals surface area contributed by atoms with Gasteiger partial charge in [0.25, 0.3) is 7.82 Å². The molecular formula is C40H70NO7P. The second-order valence-electron chi connectivity index (χ2n) is 13.2. The van der Waals surface area contributed by atoms with Gasteiger partial charge >= 0.3 is 5.97 Å². The highest BCUT2D eigenvalue weighted by Gasteiger charge is 2.20. The average molecular weight is 708 g/mol. The second kappa shape index (κ2) is 33.1. The topological polar surface area (TPSA) is 94.1 Å². The first-order chi connectivity index (χ1) is 23.6. The Morgan fingerprint density at radius 2 is 1.18 bits per heavy atom. The molecule has 2 atom stereocenters. The highest BCUT2D eigenvalue weighted by molar-refractivity contribution is 7.45. The molecule has 0 bridgehead atoms. The number of rotatable bonds is 33. The lowest BCUT2D eigenvalue weighted by Gasteiger charge is -2.28. The van der Waals surface area contributed by atoms with Crippen LogP contribution < -0.4 is 4.89 Å². The van der Waals surface area contributed by atoms with Crippen molar-refractivity contribution in [2.75, 3.05) is 54.1 Å². The molecule has 0 radical (unpaired) electrons. The Kier molecular flexibility index (Phi) is 31.7. The smallest absolute Gasteiger partial charge is 0.306 e. The van der Waals surface area contributed by atoms with Crippen LogP contribution in [0, 0.1) is 0 Å². The van der Waals surface area contributed by atoms with Crippen LogP contribution in [0.25, 0.3) is 0 Å². The fourth-order valence-corrected chi connectivity index (χ4v) is 5.08. The van der Waals surface area contributed by atoms with Gasteiger partial charge in [0.05, 0.1) is 41.0 Å². The third-order valence-electron chi connectivity index (χ3n) is 7.26. The zero-order valence-corrected chi connectivity index (χ0v) is 32.5. The highest BCUT2D eigenvalue weighted by atomic mass is 31.2. The Morgan fingerprint density at radius 3 is 1.78 bits per heavy atom. The normalized spacial score (nSPS) is 14.8. The summed E-state index contributed by atoms with van der Waals surface area (Å²) in [6.07, 6.45) is 40.8. The van der Waals surface area contributed by atoms with Gasteiger partial charge in [-0.2, -0.15) is 0 Å². The van der Waals surface area contributed by atoms with Gasteiger partial charge in [0, 0.05) is 6.42 Å². The number of nitrogens with zero attached hydrogens (tertiary/aromatic N) is 1. The summed E-state index contributed by atoms with van der Waals surface area (Å²) in [5.41, 5.74) is 0. The lowest BCUT2D eigenvalue weighted by Crippen LogP contribution is -2.37.